The highest BCUT2D eigenvalue weighted by molar-refractivity contribution is 5.94. The third-order valence-electron chi connectivity index (χ3n) is 5.52. The van der Waals surface area contributed by atoms with E-state index < -0.39 is 0 Å². The molecule has 3 heterocycles. The number of anilines is 3. The van der Waals surface area contributed by atoms with Gasteiger partial charge in [0, 0.05) is 25.2 Å². The Kier molecular flexibility index (Phi) is 6.01. The lowest BCUT2D eigenvalue weighted by Gasteiger charge is -2.32. The van der Waals surface area contributed by atoms with Gasteiger partial charge in [-0.05, 0) is 55.2 Å². The molecule has 1 aromatic heterocycles. The molecule has 1 fully saturated rings. The zero-order valence-corrected chi connectivity index (χ0v) is 17.1. The van der Waals surface area contributed by atoms with E-state index in [2.05, 4.69) is 15.6 Å². The highest BCUT2D eigenvalue weighted by Crippen LogP contribution is 2.27. The van der Waals surface area contributed by atoms with Crippen molar-refractivity contribution in [2.24, 2.45) is 11.7 Å². The van der Waals surface area contributed by atoms with E-state index in [1.807, 2.05) is 17.0 Å². The molecule has 1 aromatic carbocycles. The molecule has 9 heteroatoms. The van der Waals surface area contributed by atoms with Crippen molar-refractivity contribution in [2.75, 3.05) is 35.2 Å². The quantitative estimate of drug-likeness (QED) is 0.649. The van der Waals surface area contributed by atoms with E-state index in [9.17, 15) is 14.4 Å². The third kappa shape index (κ3) is 5.11. The van der Waals surface area contributed by atoms with Crippen LogP contribution in [-0.4, -0.2) is 42.4 Å². The summed E-state index contributed by atoms with van der Waals surface area (Å²) in [6.07, 6.45) is 4.38. The second-order valence-electron chi connectivity index (χ2n) is 7.80. The Labute approximate surface area is 180 Å². The van der Waals surface area contributed by atoms with Gasteiger partial charge in [-0.25, -0.2) is 4.98 Å². The molecule has 2 aliphatic rings. The first-order valence-corrected chi connectivity index (χ1v) is 10.3. The second kappa shape index (κ2) is 9.03. The van der Waals surface area contributed by atoms with Gasteiger partial charge in [0.1, 0.15) is 11.6 Å². The summed E-state index contributed by atoms with van der Waals surface area (Å²) >= 11 is 0. The molecule has 4 N–H and O–H groups in total. The molecule has 9 nitrogen and oxygen atoms in total. The summed E-state index contributed by atoms with van der Waals surface area (Å²) in [5.41, 5.74) is 7.78. The number of carbonyl (C=O) groups excluding carboxylic acids is 3. The van der Waals surface area contributed by atoms with Crippen LogP contribution in [0, 0.1) is 5.92 Å². The monoisotopic (exact) mass is 423 g/mol. The van der Waals surface area contributed by atoms with Crippen molar-refractivity contribution in [2.45, 2.75) is 25.7 Å². The largest absolute Gasteiger partial charge is 0.484 e. The number of hydrogen-bond donors (Lipinski definition) is 3. The van der Waals surface area contributed by atoms with Gasteiger partial charge in [0.25, 0.3) is 5.91 Å². The molecular formula is C22H25N5O4. The van der Waals surface area contributed by atoms with Crippen LogP contribution in [0.4, 0.5) is 17.2 Å². The van der Waals surface area contributed by atoms with Crippen LogP contribution in [0.2, 0.25) is 0 Å². The van der Waals surface area contributed by atoms with E-state index >= 15 is 0 Å². The lowest BCUT2D eigenvalue weighted by atomic mass is 9.97. The Morgan fingerprint density at radius 1 is 1.26 bits per heavy atom. The number of amides is 3. The Morgan fingerprint density at radius 3 is 2.90 bits per heavy atom. The molecule has 0 aliphatic carbocycles. The number of aromatic nitrogens is 1. The van der Waals surface area contributed by atoms with Crippen molar-refractivity contribution in [1.82, 2.24) is 4.98 Å². The number of pyridine rings is 1. The van der Waals surface area contributed by atoms with Crippen LogP contribution in [-0.2, 0) is 20.8 Å². The molecule has 1 saturated heterocycles. The van der Waals surface area contributed by atoms with Crippen molar-refractivity contribution in [1.29, 1.82) is 0 Å². The maximum atomic E-state index is 12.2. The number of nitrogens with zero attached hydrogens (tertiary/aromatic N) is 2. The molecule has 1 atom stereocenters. The summed E-state index contributed by atoms with van der Waals surface area (Å²) in [5.74, 6) is 0.596. The molecule has 2 aromatic rings. The van der Waals surface area contributed by atoms with Gasteiger partial charge in [-0.2, -0.15) is 0 Å². The van der Waals surface area contributed by atoms with E-state index in [4.69, 9.17) is 10.5 Å². The third-order valence-corrected chi connectivity index (χ3v) is 5.52. The van der Waals surface area contributed by atoms with Crippen molar-refractivity contribution in [3.8, 4) is 5.75 Å². The van der Waals surface area contributed by atoms with Crippen LogP contribution in [0.5, 0.6) is 5.75 Å². The SMILES string of the molecule is NC(=O)C1CCCN(c2ccc(NC(=O)COc3ccc4c(c3)CCC(=O)N4)cn2)C1. The lowest BCUT2D eigenvalue weighted by molar-refractivity contribution is -0.122. The fourth-order valence-corrected chi connectivity index (χ4v) is 3.86. The Morgan fingerprint density at radius 2 is 2.13 bits per heavy atom. The highest BCUT2D eigenvalue weighted by Gasteiger charge is 2.24. The van der Waals surface area contributed by atoms with Gasteiger partial charge in [-0.3, -0.25) is 14.4 Å². The number of nitrogens with two attached hydrogens (primary N) is 1. The topological polar surface area (TPSA) is 127 Å². The van der Waals surface area contributed by atoms with Gasteiger partial charge in [-0.1, -0.05) is 0 Å². The molecule has 2 aliphatic heterocycles. The van der Waals surface area contributed by atoms with Crippen LogP contribution in [0.1, 0.15) is 24.8 Å². The number of piperidine rings is 1. The van der Waals surface area contributed by atoms with Crippen molar-refractivity contribution < 1.29 is 19.1 Å². The first-order chi connectivity index (χ1) is 15.0. The molecule has 4 rings (SSSR count). The average molecular weight is 423 g/mol. The fraction of sp³-hybridized carbons (Fsp3) is 0.364. The number of nitrogens with one attached hydrogen (secondary N) is 2. The summed E-state index contributed by atoms with van der Waals surface area (Å²) in [7, 11) is 0. The first-order valence-electron chi connectivity index (χ1n) is 10.3. The highest BCUT2D eigenvalue weighted by atomic mass is 16.5. The van der Waals surface area contributed by atoms with Crippen LogP contribution < -0.4 is 26.0 Å². The number of fused-ring (bicyclic) bond motifs is 1. The van der Waals surface area contributed by atoms with Crippen molar-refractivity contribution in [3.63, 3.8) is 0 Å². The van der Waals surface area contributed by atoms with Gasteiger partial charge < -0.3 is 26.0 Å². The zero-order valence-electron chi connectivity index (χ0n) is 17.1. The minimum Gasteiger partial charge on any atom is -0.484 e. The van der Waals surface area contributed by atoms with Gasteiger partial charge in [-0.15, -0.1) is 0 Å². The molecule has 0 spiro atoms. The molecule has 1 unspecified atom stereocenters. The second-order valence-corrected chi connectivity index (χ2v) is 7.80. The number of ether oxygens (including phenoxy) is 1. The van der Waals surface area contributed by atoms with Gasteiger partial charge in [0.15, 0.2) is 6.61 Å². The predicted octanol–water partition coefficient (Wildman–Crippen LogP) is 1.69. The smallest absolute Gasteiger partial charge is 0.262 e. The number of aryl methyl sites for hydroxylation is 1. The fourth-order valence-electron chi connectivity index (χ4n) is 3.86. The number of carbonyl (C=O) groups is 3. The lowest BCUT2D eigenvalue weighted by Crippen LogP contribution is -2.41. The van der Waals surface area contributed by atoms with Crippen LogP contribution in [0.15, 0.2) is 36.5 Å². The molecule has 31 heavy (non-hydrogen) atoms. The molecular weight excluding hydrogens is 398 g/mol. The summed E-state index contributed by atoms with van der Waals surface area (Å²) in [5, 5.41) is 5.57. The Bertz CT molecular complexity index is 992. The van der Waals surface area contributed by atoms with Crippen LogP contribution in [0.25, 0.3) is 0 Å². The number of primary amides is 1. The molecule has 0 saturated carbocycles. The van der Waals surface area contributed by atoms with E-state index in [0.29, 0.717) is 30.8 Å². The molecule has 162 valence electrons. The summed E-state index contributed by atoms with van der Waals surface area (Å²) in [4.78, 5) is 41.6. The van der Waals surface area contributed by atoms with Gasteiger partial charge in [0.05, 0.1) is 17.8 Å². The first kappa shape index (κ1) is 20.6. The number of benzene rings is 1. The minimum atomic E-state index is -0.299. The molecule has 0 radical (unpaired) electrons. The predicted molar refractivity (Wildman–Crippen MR) is 116 cm³/mol. The standard InChI is InChI=1S/C22H25N5O4/c23-22(30)15-2-1-9-27(12-15)19-7-4-16(11-24-19)25-21(29)13-31-17-5-6-18-14(10-17)3-8-20(28)26-18/h4-7,10-11,15H,1-3,8-9,12-13H2,(H2,23,30)(H,25,29)(H,26,28). The summed E-state index contributed by atoms with van der Waals surface area (Å²) in [6, 6.07) is 8.95. The summed E-state index contributed by atoms with van der Waals surface area (Å²) < 4.78 is 5.59. The van der Waals surface area contributed by atoms with Crippen molar-refractivity contribution in [3.05, 3.63) is 42.1 Å². The van der Waals surface area contributed by atoms with Crippen LogP contribution >= 0.6 is 0 Å². The minimum absolute atomic E-state index is 0.00754. The number of rotatable bonds is 6. The Hall–Kier alpha value is -3.62. The Balaban J connectivity index is 1.29. The molecule has 3 amide bonds. The normalized spacial score (nSPS) is 18.0. The van der Waals surface area contributed by atoms with E-state index in [1.54, 1.807) is 24.4 Å². The van der Waals surface area contributed by atoms with Gasteiger partial charge in [0.2, 0.25) is 11.8 Å². The zero-order chi connectivity index (χ0) is 21.8. The molecule has 0 bridgehead atoms. The van der Waals surface area contributed by atoms with Crippen molar-refractivity contribution >= 4 is 34.9 Å². The van der Waals surface area contributed by atoms with Gasteiger partial charge >= 0.3 is 0 Å². The summed E-state index contributed by atoms with van der Waals surface area (Å²) in [6.45, 7) is 1.24. The van der Waals surface area contributed by atoms with E-state index in [1.165, 1.54) is 0 Å². The van der Waals surface area contributed by atoms with E-state index in [-0.39, 0.29) is 30.2 Å². The maximum absolute atomic E-state index is 12.2. The van der Waals surface area contributed by atoms with Crippen LogP contribution in [0.3, 0.4) is 0 Å². The average Bonchev–Trinajstić information content (AvgIpc) is 2.78. The number of hydrogen-bond acceptors (Lipinski definition) is 6. The maximum Gasteiger partial charge on any atom is 0.262 e. The van der Waals surface area contributed by atoms with E-state index in [0.717, 1.165) is 36.5 Å².